The molecule has 2 aliphatic rings. The number of aliphatic hydroxyl groups excluding tert-OH is 2. The maximum Gasteiger partial charge on any atom is 0.486 e. The van der Waals surface area contributed by atoms with E-state index >= 15 is 0 Å². The molecule has 1 aromatic carbocycles. The van der Waals surface area contributed by atoms with E-state index in [1.54, 1.807) is 18.5 Å². The van der Waals surface area contributed by atoms with Gasteiger partial charge in [-0.05, 0) is 41.8 Å². The topological polar surface area (TPSA) is 98.9 Å². The van der Waals surface area contributed by atoms with Crippen LogP contribution in [0.15, 0.2) is 36.7 Å². The van der Waals surface area contributed by atoms with Gasteiger partial charge in [-0.15, -0.1) is 13.9 Å². The number of halogens is 3. The Morgan fingerprint density at radius 1 is 1.23 bits per heavy atom. The lowest BCUT2D eigenvalue weighted by Crippen LogP contribution is -2.38. The van der Waals surface area contributed by atoms with Gasteiger partial charge in [0.15, 0.2) is 11.9 Å². The number of ether oxygens (including phenoxy) is 3. The van der Waals surface area contributed by atoms with Crippen LogP contribution >= 0.6 is 11.6 Å². The summed E-state index contributed by atoms with van der Waals surface area (Å²) in [6.45, 7) is 1.42. The van der Waals surface area contributed by atoms with Crippen molar-refractivity contribution in [3.05, 3.63) is 58.4 Å². The molecule has 164 valence electrons. The molecule has 1 fully saturated rings. The maximum absolute atomic E-state index is 14.2. The molecule has 3 aromatic rings. The van der Waals surface area contributed by atoms with Gasteiger partial charge in [0.2, 0.25) is 0 Å². The number of aliphatic hydroxyl groups is 2. The summed E-state index contributed by atoms with van der Waals surface area (Å²) in [6.07, 6.45) is -7.48. The number of hydrogen-bond donors (Lipinski definition) is 2. The molecule has 2 aromatic heterocycles. The molecule has 0 unspecified atom stereocenters. The van der Waals surface area contributed by atoms with E-state index in [1.807, 2.05) is 6.92 Å². The molecule has 31 heavy (non-hydrogen) atoms. The van der Waals surface area contributed by atoms with Crippen LogP contribution in [-0.2, 0) is 20.8 Å². The second-order valence-electron chi connectivity index (χ2n) is 7.59. The van der Waals surface area contributed by atoms with Gasteiger partial charge in [-0.1, -0.05) is 17.7 Å². The Morgan fingerprint density at radius 2 is 2.03 bits per heavy atom. The summed E-state index contributed by atoms with van der Waals surface area (Å²) in [5.74, 6) is 0. The van der Waals surface area contributed by atoms with Crippen molar-refractivity contribution in [1.29, 1.82) is 0 Å². The number of alkyl halides is 2. The Labute approximate surface area is 179 Å². The van der Waals surface area contributed by atoms with Crippen LogP contribution in [0.2, 0.25) is 5.02 Å². The van der Waals surface area contributed by atoms with Gasteiger partial charge < -0.3 is 19.5 Å². The highest BCUT2D eigenvalue weighted by atomic mass is 35.5. The Balaban J connectivity index is 1.54. The summed E-state index contributed by atoms with van der Waals surface area (Å²) in [6, 6.07) is 6.30. The fraction of sp³-hybridized carbons (Fsp3) is 0.400. The Bertz CT molecular complexity index is 1140. The van der Waals surface area contributed by atoms with Crippen molar-refractivity contribution >= 4 is 22.6 Å². The fourth-order valence-corrected chi connectivity index (χ4v) is 4.29. The van der Waals surface area contributed by atoms with Crippen LogP contribution in [0, 0.1) is 6.92 Å². The van der Waals surface area contributed by atoms with Crippen LogP contribution < -0.4 is 0 Å². The highest BCUT2D eigenvalue weighted by Crippen LogP contribution is 2.44. The highest BCUT2D eigenvalue weighted by molar-refractivity contribution is 6.30. The first-order chi connectivity index (χ1) is 14.7. The van der Waals surface area contributed by atoms with Gasteiger partial charge >= 0.3 is 6.29 Å². The summed E-state index contributed by atoms with van der Waals surface area (Å²) < 4.78 is 45.2. The summed E-state index contributed by atoms with van der Waals surface area (Å²) in [5.41, 5.74) is 1.99. The van der Waals surface area contributed by atoms with Crippen molar-refractivity contribution in [2.45, 2.75) is 50.5 Å². The van der Waals surface area contributed by atoms with E-state index in [2.05, 4.69) is 14.9 Å². The second kappa shape index (κ2) is 7.44. The average molecular weight is 454 g/mol. The monoisotopic (exact) mass is 453 g/mol. The van der Waals surface area contributed by atoms with E-state index in [4.69, 9.17) is 21.1 Å². The SMILES string of the molecule is Cc1cnnc2c1ccn2[C@@H]1O[C@H]([C@@H]2OC(F)(F)OCc3cc(Cl)ccc32)[C@@H](O)[C@H]1O. The molecule has 0 saturated carbocycles. The first-order valence-electron chi connectivity index (χ1n) is 9.53. The summed E-state index contributed by atoms with van der Waals surface area (Å²) >= 11 is 6.00. The predicted octanol–water partition coefficient (Wildman–Crippen LogP) is 2.85. The molecule has 8 nitrogen and oxygen atoms in total. The predicted molar refractivity (Wildman–Crippen MR) is 103 cm³/mol. The standard InChI is InChI=1S/C20H18ClF2N3O5/c1-9-7-24-25-18-12(9)4-5-26(18)19-15(28)14(27)17(30-19)16-13-3-2-11(21)6-10(13)8-29-20(22,23)31-16/h2-7,14-17,19,27-28H,8H2,1H3/t14-,15+,16+,17-,19+/m0/s1. The number of rotatable bonds is 2. The second-order valence-corrected chi connectivity index (χ2v) is 8.03. The molecule has 0 aliphatic carbocycles. The summed E-state index contributed by atoms with van der Waals surface area (Å²) in [7, 11) is 0. The van der Waals surface area contributed by atoms with Crippen LogP contribution in [0.3, 0.4) is 0 Å². The van der Waals surface area contributed by atoms with E-state index in [9.17, 15) is 19.0 Å². The Hall–Kier alpha value is -2.21. The molecule has 2 aliphatic heterocycles. The van der Waals surface area contributed by atoms with E-state index in [1.165, 1.54) is 22.8 Å². The van der Waals surface area contributed by atoms with Gasteiger partial charge in [-0.25, -0.2) is 0 Å². The molecular formula is C20H18ClF2N3O5. The van der Waals surface area contributed by atoms with Crippen LogP contribution in [0.25, 0.3) is 11.0 Å². The average Bonchev–Trinajstić information content (AvgIpc) is 3.24. The molecule has 4 heterocycles. The zero-order valence-electron chi connectivity index (χ0n) is 16.2. The molecule has 5 rings (SSSR count). The Morgan fingerprint density at radius 3 is 2.84 bits per heavy atom. The Kier molecular flexibility index (Phi) is 4.96. The van der Waals surface area contributed by atoms with Crippen molar-refractivity contribution in [2.24, 2.45) is 0 Å². The molecule has 0 amide bonds. The van der Waals surface area contributed by atoms with Crippen LogP contribution in [-0.4, -0.2) is 49.6 Å². The summed E-state index contributed by atoms with van der Waals surface area (Å²) in [5, 5.41) is 30.6. The zero-order chi connectivity index (χ0) is 21.9. The highest BCUT2D eigenvalue weighted by Gasteiger charge is 2.52. The largest absolute Gasteiger partial charge is 0.486 e. The van der Waals surface area contributed by atoms with E-state index < -0.39 is 43.5 Å². The lowest BCUT2D eigenvalue weighted by molar-refractivity contribution is -0.415. The normalized spacial score (nSPS) is 30.3. The van der Waals surface area contributed by atoms with Crippen LogP contribution in [0.1, 0.15) is 29.0 Å². The molecule has 2 N–H and O–H groups in total. The number of benzene rings is 1. The first-order valence-corrected chi connectivity index (χ1v) is 9.91. The summed E-state index contributed by atoms with van der Waals surface area (Å²) in [4.78, 5) is 0. The van der Waals surface area contributed by atoms with E-state index in [0.717, 1.165) is 10.9 Å². The van der Waals surface area contributed by atoms with Crippen molar-refractivity contribution in [2.75, 3.05) is 0 Å². The van der Waals surface area contributed by atoms with Gasteiger partial charge in [0.25, 0.3) is 0 Å². The van der Waals surface area contributed by atoms with Gasteiger partial charge in [-0.2, -0.15) is 5.10 Å². The fourth-order valence-electron chi connectivity index (χ4n) is 4.09. The zero-order valence-corrected chi connectivity index (χ0v) is 16.9. The van der Waals surface area contributed by atoms with Gasteiger partial charge in [-0.3, -0.25) is 9.47 Å². The number of fused-ring (bicyclic) bond motifs is 2. The minimum atomic E-state index is -3.93. The van der Waals surface area contributed by atoms with Gasteiger partial charge in [0, 0.05) is 16.6 Å². The molecule has 11 heteroatoms. The molecular weight excluding hydrogens is 436 g/mol. The van der Waals surface area contributed by atoms with Gasteiger partial charge in [0.05, 0.1) is 12.8 Å². The third kappa shape index (κ3) is 3.49. The van der Waals surface area contributed by atoms with Gasteiger partial charge in [0.1, 0.15) is 24.4 Å². The molecule has 0 spiro atoms. The lowest BCUT2D eigenvalue weighted by Gasteiger charge is -2.27. The van der Waals surface area contributed by atoms with Crippen LogP contribution in [0.5, 0.6) is 0 Å². The van der Waals surface area contributed by atoms with E-state index in [0.29, 0.717) is 21.8 Å². The first kappa shape index (κ1) is 20.7. The lowest BCUT2D eigenvalue weighted by atomic mass is 9.95. The molecule has 0 bridgehead atoms. The molecule has 0 radical (unpaired) electrons. The third-order valence-electron chi connectivity index (χ3n) is 5.64. The van der Waals surface area contributed by atoms with Crippen molar-refractivity contribution in [3.8, 4) is 0 Å². The van der Waals surface area contributed by atoms with E-state index in [-0.39, 0.29) is 0 Å². The minimum absolute atomic E-state index is 0.325. The van der Waals surface area contributed by atoms with Crippen molar-refractivity contribution in [1.82, 2.24) is 14.8 Å². The number of hydrogen-bond acceptors (Lipinski definition) is 7. The van der Waals surface area contributed by atoms with Crippen molar-refractivity contribution in [3.63, 3.8) is 0 Å². The van der Waals surface area contributed by atoms with Crippen LogP contribution in [0.4, 0.5) is 8.78 Å². The quantitative estimate of drug-likeness (QED) is 0.615. The number of aromatic nitrogens is 3. The van der Waals surface area contributed by atoms with Crippen molar-refractivity contribution < 1.29 is 33.2 Å². The minimum Gasteiger partial charge on any atom is -0.387 e. The smallest absolute Gasteiger partial charge is 0.387 e. The number of aryl methyl sites for hydroxylation is 1. The third-order valence-corrected chi connectivity index (χ3v) is 5.87. The number of nitrogens with zero attached hydrogens (tertiary/aromatic N) is 3. The molecule has 1 saturated heterocycles. The maximum atomic E-state index is 14.2. The molecule has 5 atom stereocenters.